The Bertz CT molecular complexity index is 569. The molecule has 6 heteroatoms. The molecule has 4 nitrogen and oxygen atoms in total. The van der Waals surface area contributed by atoms with Gasteiger partial charge in [-0.05, 0) is 43.5 Å². The van der Waals surface area contributed by atoms with Crippen LogP contribution in [0.15, 0.2) is 23.1 Å². The van der Waals surface area contributed by atoms with Gasteiger partial charge in [0.25, 0.3) is 0 Å². The van der Waals surface area contributed by atoms with E-state index in [0.29, 0.717) is 19.0 Å². The first-order valence-corrected chi connectivity index (χ1v) is 8.94. The van der Waals surface area contributed by atoms with E-state index in [2.05, 4.69) is 10.0 Å². The highest BCUT2D eigenvalue weighted by atomic mass is 32.2. The van der Waals surface area contributed by atoms with Crippen molar-refractivity contribution in [3.8, 4) is 0 Å². The van der Waals surface area contributed by atoms with Crippen LogP contribution in [0.3, 0.4) is 0 Å². The van der Waals surface area contributed by atoms with Crippen molar-refractivity contribution in [3.63, 3.8) is 0 Å². The second-order valence-electron chi connectivity index (χ2n) is 5.65. The summed E-state index contributed by atoms with van der Waals surface area (Å²) >= 11 is 0. The minimum Gasteiger partial charge on any atom is -0.316 e. The van der Waals surface area contributed by atoms with Crippen LogP contribution in [0.4, 0.5) is 4.39 Å². The van der Waals surface area contributed by atoms with Gasteiger partial charge in [0.05, 0.1) is 0 Å². The average molecular weight is 314 g/mol. The smallest absolute Gasteiger partial charge is 0.243 e. The van der Waals surface area contributed by atoms with Gasteiger partial charge < -0.3 is 5.32 Å². The molecule has 0 saturated heterocycles. The quantitative estimate of drug-likeness (QED) is 0.848. The summed E-state index contributed by atoms with van der Waals surface area (Å²) in [7, 11) is -2.01. The highest BCUT2D eigenvalue weighted by Gasteiger charge is 2.21. The van der Waals surface area contributed by atoms with Crippen LogP contribution in [0.2, 0.25) is 0 Å². The molecule has 0 unspecified atom stereocenters. The number of halogens is 1. The Morgan fingerprint density at radius 1 is 1.24 bits per heavy atom. The van der Waals surface area contributed by atoms with Crippen molar-refractivity contribution >= 4 is 10.0 Å². The zero-order valence-corrected chi connectivity index (χ0v) is 13.2. The zero-order valence-electron chi connectivity index (χ0n) is 12.4. The van der Waals surface area contributed by atoms with E-state index < -0.39 is 15.8 Å². The number of hydrogen-bond donors (Lipinski definition) is 2. The third-order valence-electron chi connectivity index (χ3n) is 3.95. The van der Waals surface area contributed by atoms with Gasteiger partial charge in [-0.15, -0.1) is 0 Å². The van der Waals surface area contributed by atoms with Gasteiger partial charge in [-0.2, -0.15) is 0 Å². The second-order valence-corrected chi connectivity index (χ2v) is 7.39. The maximum absolute atomic E-state index is 14.0. The monoisotopic (exact) mass is 314 g/mol. The molecule has 1 fully saturated rings. The van der Waals surface area contributed by atoms with Gasteiger partial charge in [0.15, 0.2) is 0 Å². The van der Waals surface area contributed by atoms with E-state index >= 15 is 0 Å². The fourth-order valence-corrected chi connectivity index (χ4v) is 3.95. The highest BCUT2D eigenvalue weighted by Crippen LogP contribution is 2.23. The van der Waals surface area contributed by atoms with Crippen LogP contribution in [0, 0.1) is 11.7 Å². The van der Waals surface area contributed by atoms with Crippen LogP contribution < -0.4 is 10.0 Å². The lowest BCUT2D eigenvalue weighted by atomic mass is 9.90. The third kappa shape index (κ3) is 4.49. The first kappa shape index (κ1) is 16.4. The van der Waals surface area contributed by atoms with Crippen LogP contribution in [-0.2, 0) is 16.6 Å². The lowest BCUT2D eigenvalue weighted by Crippen LogP contribution is -2.31. The van der Waals surface area contributed by atoms with Crippen LogP contribution in [-0.4, -0.2) is 22.0 Å². The van der Waals surface area contributed by atoms with Crippen molar-refractivity contribution in [2.75, 3.05) is 13.6 Å². The van der Waals surface area contributed by atoms with Gasteiger partial charge in [0.1, 0.15) is 10.7 Å². The van der Waals surface area contributed by atoms with E-state index in [1.165, 1.54) is 18.6 Å². The Morgan fingerprint density at radius 3 is 2.57 bits per heavy atom. The molecule has 118 valence electrons. The highest BCUT2D eigenvalue weighted by molar-refractivity contribution is 7.89. The lowest BCUT2D eigenvalue weighted by Gasteiger charge is -2.21. The van der Waals surface area contributed by atoms with Gasteiger partial charge in [-0.25, -0.2) is 17.5 Å². The lowest BCUT2D eigenvalue weighted by molar-refractivity contribution is 0.357. The van der Waals surface area contributed by atoms with Gasteiger partial charge in [-0.3, -0.25) is 0 Å². The van der Waals surface area contributed by atoms with Crippen molar-refractivity contribution in [3.05, 3.63) is 29.6 Å². The number of rotatable bonds is 6. The summed E-state index contributed by atoms with van der Waals surface area (Å²) in [5, 5.41) is 2.91. The van der Waals surface area contributed by atoms with Gasteiger partial charge in [-0.1, -0.05) is 25.3 Å². The van der Waals surface area contributed by atoms with Crippen LogP contribution >= 0.6 is 0 Å². The molecule has 0 bridgehead atoms. The second kappa shape index (κ2) is 7.33. The summed E-state index contributed by atoms with van der Waals surface area (Å²) in [6.07, 6.45) is 5.63. The van der Waals surface area contributed by atoms with Crippen LogP contribution in [0.25, 0.3) is 0 Å². The predicted octanol–water partition coefficient (Wildman–Crippen LogP) is 2.40. The molecule has 0 radical (unpaired) electrons. The van der Waals surface area contributed by atoms with E-state index in [0.717, 1.165) is 31.2 Å². The predicted molar refractivity (Wildman–Crippen MR) is 80.9 cm³/mol. The minimum absolute atomic E-state index is 0.266. The van der Waals surface area contributed by atoms with Crippen molar-refractivity contribution in [1.82, 2.24) is 10.0 Å². The molecular weight excluding hydrogens is 291 g/mol. The molecule has 0 heterocycles. The van der Waals surface area contributed by atoms with Crippen molar-refractivity contribution < 1.29 is 12.8 Å². The van der Waals surface area contributed by atoms with Gasteiger partial charge in [0.2, 0.25) is 10.0 Å². The van der Waals surface area contributed by atoms with E-state index in [4.69, 9.17) is 0 Å². The first-order chi connectivity index (χ1) is 10.0. The van der Waals surface area contributed by atoms with Crippen molar-refractivity contribution in [2.24, 2.45) is 5.92 Å². The Labute approximate surface area is 126 Å². The van der Waals surface area contributed by atoms with E-state index in [-0.39, 0.29) is 4.90 Å². The summed E-state index contributed by atoms with van der Waals surface area (Å²) in [6.45, 7) is 0.910. The standard InChI is InChI=1S/C15H23FN2O2S/c1-17-10-13-7-8-15(14(16)9-13)21(19,20)18-11-12-5-3-2-4-6-12/h7-9,12,17-18H,2-6,10-11H2,1H3. The average Bonchev–Trinajstić information content (AvgIpc) is 2.46. The molecule has 21 heavy (non-hydrogen) atoms. The molecule has 1 aliphatic rings. The Hall–Kier alpha value is -0.980. The first-order valence-electron chi connectivity index (χ1n) is 7.45. The van der Waals surface area contributed by atoms with E-state index in [9.17, 15) is 12.8 Å². The van der Waals surface area contributed by atoms with E-state index in [1.807, 2.05) is 0 Å². The largest absolute Gasteiger partial charge is 0.316 e. The summed E-state index contributed by atoms with van der Waals surface area (Å²) in [5.41, 5.74) is 0.723. The molecule has 1 saturated carbocycles. The summed E-state index contributed by atoms with van der Waals surface area (Å²) in [4.78, 5) is -0.266. The SMILES string of the molecule is CNCc1ccc(S(=O)(=O)NCC2CCCCC2)c(F)c1. The van der Waals surface area contributed by atoms with Crippen molar-refractivity contribution in [1.29, 1.82) is 0 Å². The Balaban J connectivity index is 2.04. The molecule has 1 aromatic rings. The Morgan fingerprint density at radius 2 is 1.95 bits per heavy atom. The van der Waals surface area contributed by atoms with Gasteiger partial charge >= 0.3 is 0 Å². The maximum Gasteiger partial charge on any atom is 0.243 e. The molecule has 0 aliphatic heterocycles. The number of nitrogens with one attached hydrogen (secondary N) is 2. The fraction of sp³-hybridized carbons (Fsp3) is 0.600. The van der Waals surface area contributed by atoms with Crippen molar-refractivity contribution in [2.45, 2.75) is 43.5 Å². The third-order valence-corrected chi connectivity index (χ3v) is 5.41. The molecule has 0 aromatic heterocycles. The normalized spacial score (nSPS) is 17.0. The molecular formula is C15H23FN2O2S. The molecule has 0 spiro atoms. The summed E-state index contributed by atoms with van der Waals surface area (Å²) in [6, 6.07) is 4.24. The topological polar surface area (TPSA) is 58.2 Å². The van der Waals surface area contributed by atoms with E-state index in [1.54, 1.807) is 13.1 Å². The summed E-state index contributed by atoms with van der Waals surface area (Å²) in [5.74, 6) is -0.320. The van der Waals surface area contributed by atoms with Gasteiger partial charge in [0, 0.05) is 13.1 Å². The molecule has 2 rings (SSSR count). The summed E-state index contributed by atoms with van der Waals surface area (Å²) < 4.78 is 40.9. The molecule has 0 amide bonds. The minimum atomic E-state index is -3.77. The number of benzene rings is 1. The molecule has 1 aromatic carbocycles. The number of hydrogen-bond acceptors (Lipinski definition) is 3. The van der Waals surface area contributed by atoms with Crippen LogP contribution in [0.1, 0.15) is 37.7 Å². The maximum atomic E-state index is 14.0. The molecule has 0 atom stereocenters. The molecule has 2 N–H and O–H groups in total. The Kier molecular flexibility index (Phi) is 5.72. The van der Waals surface area contributed by atoms with Crippen LogP contribution in [0.5, 0.6) is 0 Å². The molecule has 1 aliphatic carbocycles. The fourth-order valence-electron chi connectivity index (χ4n) is 2.77. The number of sulfonamides is 1. The zero-order chi connectivity index (χ0) is 15.3.